The summed E-state index contributed by atoms with van der Waals surface area (Å²) < 4.78 is 0. The Morgan fingerprint density at radius 3 is 2.82 bits per heavy atom. The number of hydrogen-bond acceptors (Lipinski definition) is 2. The average Bonchev–Trinajstić information content (AvgIpc) is 2.38. The standard InChI is InChI=1S/C12H10Cl2N2O/c13-5-8-3-9-1-2-10(16-12(17)6-14)4-11(9)15-7-8/h1-4,7H,5-6H2,(H,16,17). The molecule has 1 amide bonds. The van der Waals surface area contributed by atoms with Gasteiger partial charge in [-0.2, -0.15) is 0 Å². The number of benzene rings is 1. The van der Waals surface area contributed by atoms with E-state index in [1.54, 1.807) is 12.3 Å². The summed E-state index contributed by atoms with van der Waals surface area (Å²) >= 11 is 11.2. The minimum absolute atomic E-state index is 0.0589. The highest BCUT2D eigenvalue weighted by Gasteiger charge is 2.02. The predicted octanol–water partition coefficient (Wildman–Crippen LogP) is 3.15. The summed E-state index contributed by atoms with van der Waals surface area (Å²) in [5.41, 5.74) is 2.47. The topological polar surface area (TPSA) is 42.0 Å². The first kappa shape index (κ1) is 12.1. The van der Waals surface area contributed by atoms with E-state index in [1.807, 2.05) is 18.2 Å². The van der Waals surface area contributed by atoms with E-state index in [9.17, 15) is 4.79 Å². The minimum atomic E-state index is -0.233. The van der Waals surface area contributed by atoms with Crippen molar-refractivity contribution in [2.45, 2.75) is 5.88 Å². The molecule has 0 unspecified atom stereocenters. The van der Waals surface area contributed by atoms with Crippen molar-refractivity contribution in [1.29, 1.82) is 0 Å². The van der Waals surface area contributed by atoms with Crippen molar-refractivity contribution in [3.63, 3.8) is 0 Å². The quantitative estimate of drug-likeness (QED) is 0.869. The number of carbonyl (C=O) groups is 1. The van der Waals surface area contributed by atoms with Crippen molar-refractivity contribution in [1.82, 2.24) is 4.98 Å². The van der Waals surface area contributed by atoms with Gasteiger partial charge in [0.05, 0.1) is 5.52 Å². The van der Waals surface area contributed by atoms with E-state index in [0.29, 0.717) is 11.6 Å². The molecule has 0 saturated heterocycles. The molecule has 0 aliphatic heterocycles. The number of anilines is 1. The Morgan fingerprint density at radius 2 is 2.12 bits per heavy atom. The van der Waals surface area contributed by atoms with Gasteiger partial charge in [-0.15, -0.1) is 23.2 Å². The maximum Gasteiger partial charge on any atom is 0.239 e. The second-order valence-electron chi connectivity index (χ2n) is 3.57. The third kappa shape index (κ3) is 2.87. The predicted molar refractivity (Wildman–Crippen MR) is 70.6 cm³/mol. The number of nitrogens with one attached hydrogen (secondary N) is 1. The van der Waals surface area contributed by atoms with Crippen LogP contribution in [0, 0.1) is 0 Å². The van der Waals surface area contributed by atoms with E-state index in [1.165, 1.54) is 0 Å². The summed E-state index contributed by atoms with van der Waals surface area (Å²) in [7, 11) is 0. The molecule has 1 aromatic heterocycles. The summed E-state index contributed by atoms with van der Waals surface area (Å²) in [5, 5.41) is 3.67. The van der Waals surface area contributed by atoms with Crippen LogP contribution in [-0.4, -0.2) is 16.8 Å². The summed E-state index contributed by atoms with van der Waals surface area (Å²) in [6, 6.07) is 7.48. The van der Waals surface area contributed by atoms with E-state index in [-0.39, 0.29) is 11.8 Å². The molecule has 0 spiro atoms. The van der Waals surface area contributed by atoms with Crippen molar-refractivity contribution in [2.75, 3.05) is 11.2 Å². The highest BCUT2D eigenvalue weighted by atomic mass is 35.5. The number of alkyl halides is 2. The number of nitrogens with zero attached hydrogens (tertiary/aromatic N) is 1. The Kier molecular flexibility index (Phi) is 3.82. The van der Waals surface area contributed by atoms with Crippen molar-refractivity contribution >= 4 is 45.7 Å². The van der Waals surface area contributed by atoms with Crippen LogP contribution < -0.4 is 5.32 Å². The smallest absolute Gasteiger partial charge is 0.239 e. The molecule has 1 aromatic carbocycles. The van der Waals surface area contributed by atoms with Gasteiger partial charge in [0, 0.05) is 23.2 Å². The first-order valence-corrected chi connectivity index (χ1v) is 6.10. The maximum atomic E-state index is 11.1. The van der Waals surface area contributed by atoms with Crippen LogP contribution in [-0.2, 0) is 10.7 Å². The normalized spacial score (nSPS) is 10.5. The number of amides is 1. The van der Waals surface area contributed by atoms with E-state index in [0.717, 1.165) is 16.5 Å². The van der Waals surface area contributed by atoms with Crippen LogP contribution >= 0.6 is 23.2 Å². The van der Waals surface area contributed by atoms with Crippen molar-refractivity contribution in [3.8, 4) is 0 Å². The molecule has 0 atom stereocenters. The van der Waals surface area contributed by atoms with Crippen molar-refractivity contribution < 1.29 is 4.79 Å². The molecular formula is C12H10Cl2N2O. The van der Waals surface area contributed by atoms with Gasteiger partial charge in [0.25, 0.3) is 0 Å². The summed E-state index contributed by atoms with van der Waals surface area (Å²) in [5.74, 6) is 0.146. The monoisotopic (exact) mass is 268 g/mol. The lowest BCUT2D eigenvalue weighted by molar-refractivity contribution is -0.113. The van der Waals surface area contributed by atoms with Crippen LogP contribution in [0.3, 0.4) is 0 Å². The van der Waals surface area contributed by atoms with E-state index < -0.39 is 0 Å². The number of rotatable bonds is 3. The van der Waals surface area contributed by atoms with Gasteiger partial charge in [0.1, 0.15) is 5.88 Å². The molecule has 0 radical (unpaired) electrons. The number of aromatic nitrogens is 1. The molecule has 5 heteroatoms. The second kappa shape index (κ2) is 5.34. The van der Waals surface area contributed by atoms with Crippen LogP contribution in [0.4, 0.5) is 5.69 Å². The average molecular weight is 269 g/mol. The third-order valence-electron chi connectivity index (χ3n) is 2.30. The first-order chi connectivity index (χ1) is 8.22. The summed E-state index contributed by atoms with van der Waals surface area (Å²) in [6.07, 6.45) is 1.72. The highest BCUT2D eigenvalue weighted by molar-refractivity contribution is 6.29. The van der Waals surface area contributed by atoms with Crippen LogP contribution in [0.1, 0.15) is 5.56 Å². The van der Waals surface area contributed by atoms with Gasteiger partial charge < -0.3 is 5.32 Å². The van der Waals surface area contributed by atoms with Crippen LogP contribution in [0.15, 0.2) is 30.5 Å². The van der Waals surface area contributed by atoms with Gasteiger partial charge in [-0.25, -0.2) is 0 Å². The first-order valence-electron chi connectivity index (χ1n) is 5.03. The van der Waals surface area contributed by atoms with Gasteiger partial charge >= 0.3 is 0 Å². The zero-order valence-electron chi connectivity index (χ0n) is 8.91. The highest BCUT2D eigenvalue weighted by Crippen LogP contribution is 2.19. The Bertz CT molecular complexity index is 557. The molecular weight excluding hydrogens is 259 g/mol. The Hall–Kier alpha value is -1.32. The fraction of sp³-hybridized carbons (Fsp3) is 0.167. The fourth-order valence-corrected chi connectivity index (χ4v) is 1.73. The zero-order chi connectivity index (χ0) is 12.3. The van der Waals surface area contributed by atoms with Gasteiger partial charge in [0.15, 0.2) is 0 Å². The molecule has 0 bridgehead atoms. The lowest BCUT2D eigenvalue weighted by Crippen LogP contribution is -2.12. The van der Waals surface area contributed by atoms with Crippen LogP contribution in [0.2, 0.25) is 0 Å². The number of fused-ring (bicyclic) bond motifs is 1. The van der Waals surface area contributed by atoms with Crippen molar-refractivity contribution in [2.24, 2.45) is 0 Å². The number of halogens is 2. The van der Waals surface area contributed by atoms with Gasteiger partial charge in [0.2, 0.25) is 5.91 Å². The SMILES string of the molecule is O=C(CCl)Nc1ccc2cc(CCl)cnc2c1. The van der Waals surface area contributed by atoms with E-state index in [2.05, 4.69) is 10.3 Å². The molecule has 1 N–H and O–H groups in total. The third-order valence-corrected chi connectivity index (χ3v) is 2.85. The molecule has 0 aliphatic rings. The molecule has 0 fully saturated rings. The van der Waals surface area contributed by atoms with E-state index in [4.69, 9.17) is 23.2 Å². The van der Waals surface area contributed by atoms with Gasteiger partial charge in [-0.1, -0.05) is 6.07 Å². The van der Waals surface area contributed by atoms with Crippen LogP contribution in [0.5, 0.6) is 0 Å². The molecule has 17 heavy (non-hydrogen) atoms. The number of hydrogen-bond donors (Lipinski definition) is 1. The van der Waals surface area contributed by atoms with Gasteiger partial charge in [-0.05, 0) is 23.8 Å². The Morgan fingerprint density at radius 1 is 1.29 bits per heavy atom. The lowest BCUT2D eigenvalue weighted by atomic mass is 10.1. The summed E-state index contributed by atoms with van der Waals surface area (Å²) in [4.78, 5) is 15.4. The molecule has 2 rings (SSSR count). The molecule has 0 aliphatic carbocycles. The Labute approximate surface area is 109 Å². The molecule has 0 saturated carbocycles. The molecule has 3 nitrogen and oxygen atoms in total. The molecule has 88 valence electrons. The fourth-order valence-electron chi connectivity index (χ4n) is 1.51. The number of carbonyl (C=O) groups excluding carboxylic acids is 1. The van der Waals surface area contributed by atoms with E-state index >= 15 is 0 Å². The lowest BCUT2D eigenvalue weighted by Gasteiger charge is -2.05. The minimum Gasteiger partial charge on any atom is -0.325 e. The zero-order valence-corrected chi connectivity index (χ0v) is 10.4. The Balaban J connectivity index is 2.34. The maximum absolute atomic E-state index is 11.1. The van der Waals surface area contributed by atoms with Crippen molar-refractivity contribution in [3.05, 3.63) is 36.0 Å². The largest absolute Gasteiger partial charge is 0.325 e. The molecule has 2 aromatic rings. The number of pyridine rings is 1. The van der Waals surface area contributed by atoms with Crippen LogP contribution in [0.25, 0.3) is 10.9 Å². The molecule has 1 heterocycles. The summed E-state index contributed by atoms with van der Waals surface area (Å²) in [6.45, 7) is 0. The van der Waals surface area contributed by atoms with Gasteiger partial charge in [-0.3, -0.25) is 9.78 Å². The second-order valence-corrected chi connectivity index (χ2v) is 4.10.